The Hall–Kier alpha value is -1.35. The van der Waals surface area contributed by atoms with Gasteiger partial charge in [0.25, 0.3) is 0 Å². The Labute approximate surface area is 104 Å². The Morgan fingerprint density at radius 1 is 1.35 bits per heavy atom. The van der Waals surface area contributed by atoms with Gasteiger partial charge in [-0.2, -0.15) is 0 Å². The lowest BCUT2D eigenvalue weighted by molar-refractivity contribution is -0.131. The van der Waals surface area contributed by atoms with E-state index in [1.54, 1.807) is 4.90 Å². The number of rotatable bonds is 6. The van der Waals surface area contributed by atoms with Crippen LogP contribution >= 0.6 is 0 Å². The van der Waals surface area contributed by atoms with Gasteiger partial charge in [0, 0.05) is 13.6 Å². The van der Waals surface area contributed by atoms with E-state index < -0.39 is 6.04 Å². The van der Waals surface area contributed by atoms with Crippen molar-refractivity contribution in [3.63, 3.8) is 0 Å². The summed E-state index contributed by atoms with van der Waals surface area (Å²) < 4.78 is 0. The molecule has 0 aliphatic heterocycles. The van der Waals surface area contributed by atoms with Gasteiger partial charge in [0.15, 0.2) is 0 Å². The van der Waals surface area contributed by atoms with Crippen LogP contribution in [0.1, 0.15) is 25.3 Å². The highest BCUT2D eigenvalue weighted by Crippen LogP contribution is 2.04. The van der Waals surface area contributed by atoms with E-state index in [9.17, 15) is 4.79 Å². The van der Waals surface area contributed by atoms with Crippen LogP contribution in [-0.2, 0) is 11.2 Å². The maximum atomic E-state index is 12.0. The van der Waals surface area contributed by atoms with Gasteiger partial charge in [0.1, 0.15) is 0 Å². The first-order chi connectivity index (χ1) is 8.15. The smallest absolute Gasteiger partial charge is 0.239 e. The summed E-state index contributed by atoms with van der Waals surface area (Å²) in [5.41, 5.74) is 7.04. The minimum Gasteiger partial charge on any atom is -0.344 e. The molecule has 0 heterocycles. The number of unbranched alkanes of at least 4 members (excludes halogenated alkanes) is 1. The zero-order chi connectivity index (χ0) is 12.7. The summed E-state index contributed by atoms with van der Waals surface area (Å²) in [4.78, 5) is 13.7. The summed E-state index contributed by atoms with van der Waals surface area (Å²) in [6.07, 6.45) is 2.72. The molecule has 2 N–H and O–H groups in total. The number of hydrogen-bond donors (Lipinski definition) is 1. The summed E-state index contributed by atoms with van der Waals surface area (Å²) in [6, 6.07) is 9.46. The van der Waals surface area contributed by atoms with E-state index in [1.807, 2.05) is 37.4 Å². The van der Waals surface area contributed by atoms with Gasteiger partial charge in [-0.3, -0.25) is 4.79 Å². The van der Waals surface area contributed by atoms with Crippen LogP contribution in [0, 0.1) is 0 Å². The van der Waals surface area contributed by atoms with Crippen LogP contribution in [-0.4, -0.2) is 30.4 Å². The van der Waals surface area contributed by atoms with Gasteiger partial charge in [0.05, 0.1) is 6.04 Å². The maximum absolute atomic E-state index is 12.0. The van der Waals surface area contributed by atoms with Gasteiger partial charge >= 0.3 is 0 Å². The Bertz CT molecular complexity index is 337. The van der Waals surface area contributed by atoms with E-state index in [0.717, 1.165) is 24.9 Å². The zero-order valence-electron chi connectivity index (χ0n) is 10.7. The molecular formula is C14H22N2O. The molecule has 1 unspecified atom stereocenters. The van der Waals surface area contributed by atoms with Gasteiger partial charge in [-0.1, -0.05) is 43.7 Å². The second-order valence-electron chi connectivity index (χ2n) is 4.41. The largest absolute Gasteiger partial charge is 0.344 e. The fourth-order valence-electron chi connectivity index (χ4n) is 1.74. The third-order valence-electron chi connectivity index (χ3n) is 2.84. The number of carbonyl (C=O) groups excluding carboxylic acids is 1. The zero-order valence-corrected chi connectivity index (χ0v) is 10.7. The van der Waals surface area contributed by atoms with Crippen molar-refractivity contribution in [3.05, 3.63) is 35.9 Å². The molecule has 0 aliphatic carbocycles. The molecule has 1 rings (SSSR count). The lowest BCUT2D eigenvalue weighted by atomic mass is 10.1. The summed E-state index contributed by atoms with van der Waals surface area (Å²) in [7, 11) is 1.82. The Morgan fingerprint density at radius 2 is 2.00 bits per heavy atom. The van der Waals surface area contributed by atoms with Crippen molar-refractivity contribution < 1.29 is 4.79 Å². The second-order valence-corrected chi connectivity index (χ2v) is 4.41. The first-order valence-corrected chi connectivity index (χ1v) is 6.19. The molecule has 1 amide bonds. The molecule has 0 spiro atoms. The lowest BCUT2D eigenvalue weighted by Gasteiger charge is -2.21. The molecule has 0 radical (unpaired) electrons. The van der Waals surface area contributed by atoms with Crippen molar-refractivity contribution in [1.82, 2.24) is 4.90 Å². The standard InChI is InChI=1S/C14H22N2O/c1-3-4-10-16(2)14(17)13(15)11-12-8-6-5-7-9-12/h5-9,13H,3-4,10-11,15H2,1-2H3. The van der Waals surface area contributed by atoms with Crippen molar-refractivity contribution in [2.75, 3.05) is 13.6 Å². The van der Waals surface area contributed by atoms with Crippen LogP contribution in [0.25, 0.3) is 0 Å². The van der Waals surface area contributed by atoms with Crippen LogP contribution in [0.4, 0.5) is 0 Å². The summed E-state index contributed by atoms with van der Waals surface area (Å²) >= 11 is 0. The van der Waals surface area contributed by atoms with Crippen molar-refractivity contribution in [2.24, 2.45) is 5.73 Å². The summed E-state index contributed by atoms with van der Waals surface area (Å²) in [5.74, 6) is 0.0299. The topological polar surface area (TPSA) is 46.3 Å². The Balaban J connectivity index is 2.47. The number of hydrogen-bond acceptors (Lipinski definition) is 2. The maximum Gasteiger partial charge on any atom is 0.239 e. The Morgan fingerprint density at radius 3 is 2.59 bits per heavy atom. The van der Waals surface area contributed by atoms with Gasteiger partial charge in [-0.05, 0) is 18.4 Å². The predicted octanol–water partition coefficient (Wildman–Crippen LogP) is 1.81. The third-order valence-corrected chi connectivity index (χ3v) is 2.84. The molecule has 1 atom stereocenters. The van der Waals surface area contributed by atoms with E-state index in [1.165, 1.54) is 0 Å². The molecule has 0 saturated heterocycles. The van der Waals surface area contributed by atoms with Gasteiger partial charge in [-0.25, -0.2) is 0 Å². The first kappa shape index (κ1) is 13.7. The number of likely N-dealkylation sites (N-methyl/N-ethyl adjacent to an activating group) is 1. The molecule has 0 aliphatic rings. The number of nitrogens with zero attached hydrogens (tertiary/aromatic N) is 1. The first-order valence-electron chi connectivity index (χ1n) is 6.19. The molecule has 3 heteroatoms. The molecule has 0 aromatic heterocycles. The predicted molar refractivity (Wildman–Crippen MR) is 70.7 cm³/mol. The quantitative estimate of drug-likeness (QED) is 0.816. The van der Waals surface area contributed by atoms with Crippen LogP contribution < -0.4 is 5.73 Å². The molecule has 1 aromatic carbocycles. The molecule has 17 heavy (non-hydrogen) atoms. The van der Waals surface area contributed by atoms with E-state index >= 15 is 0 Å². The number of benzene rings is 1. The van der Waals surface area contributed by atoms with Crippen molar-refractivity contribution in [3.8, 4) is 0 Å². The van der Waals surface area contributed by atoms with Crippen LogP contribution in [0.3, 0.4) is 0 Å². The van der Waals surface area contributed by atoms with Crippen LogP contribution in [0.5, 0.6) is 0 Å². The van der Waals surface area contributed by atoms with E-state index in [4.69, 9.17) is 5.73 Å². The van der Waals surface area contributed by atoms with E-state index in [2.05, 4.69) is 6.92 Å². The minimum atomic E-state index is -0.431. The van der Waals surface area contributed by atoms with Crippen molar-refractivity contribution in [2.45, 2.75) is 32.2 Å². The minimum absolute atomic E-state index is 0.0299. The van der Waals surface area contributed by atoms with E-state index in [0.29, 0.717) is 6.42 Å². The van der Waals surface area contributed by atoms with Crippen molar-refractivity contribution >= 4 is 5.91 Å². The highest BCUT2D eigenvalue weighted by molar-refractivity contribution is 5.81. The molecule has 1 aromatic rings. The number of nitrogens with two attached hydrogens (primary N) is 1. The fraction of sp³-hybridized carbons (Fsp3) is 0.500. The monoisotopic (exact) mass is 234 g/mol. The fourth-order valence-corrected chi connectivity index (χ4v) is 1.74. The SMILES string of the molecule is CCCCN(C)C(=O)C(N)Cc1ccccc1. The molecule has 0 saturated carbocycles. The van der Waals surface area contributed by atoms with E-state index in [-0.39, 0.29) is 5.91 Å². The highest BCUT2D eigenvalue weighted by Gasteiger charge is 2.17. The lowest BCUT2D eigenvalue weighted by Crippen LogP contribution is -2.43. The average molecular weight is 234 g/mol. The number of carbonyl (C=O) groups is 1. The highest BCUT2D eigenvalue weighted by atomic mass is 16.2. The summed E-state index contributed by atoms with van der Waals surface area (Å²) in [5, 5.41) is 0. The molecular weight excluding hydrogens is 212 g/mol. The van der Waals surface area contributed by atoms with Gasteiger partial charge in [0.2, 0.25) is 5.91 Å². The third kappa shape index (κ3) is 4.57. The Kier molecular flexibility index (Phi) is 5.70. The summed E-state index contributed by atoms with van der Waals surface area (Å²) in [6.45, 7) is 2.90. The molecule has 0 bridgehead atoms. The van der Waals surface area contributed by atoms with Crippen LogP contribution in [0.2, 0.25) is 0 Å². The van der Waals surface area contributed by atoms with Crippen LogP contribution in [0.15, 0.2) is 30.3 Å². The number of amides is 1. The molecule has 94 valence electrons. The normalized spacial score (nSPS) is 12.2. The average Bonchev–Trinajstić information content (AvgIpc) is 2.36. The molecule has 3 nitrogen and oxygen atoms in total. The van der Waals surface area contributed by atoms with Gasteiger partial charge < -0.3 is 10.6 Å². The van der Waals surface area contributed by atoms with Gasteiger partial charge in [-0.15, -0.1) is 0 Å². The second kappa shape index (κ2) is 7.07. The molecule has 0 fully saturated rings. The van der Waals surface area contributed by atoms with Crippen molar-refractivity contribution in [1.29, 1.82) is 0 Å².